The van der Waals surface area contributed by atoms with Gasteiger partial charge in [-0.25, -0.2) is 0 Å². The van der Waals surface area contributed by atoms with Crippen molar-refractivity contribution in [1.29, 1.82) is 5.26 Å². The molecule has 0 bridgehead atoms. The minimum Gasteiger partial charge on any atom is -0.488 e. The van der Waals surface area contributed by atoms with Gasteiger partial charge in [-0.2, -0.15) is 5.26 Å². The van der Waals surface area contributed by atoms with Crippen LogP contribution in [0.15, 0.2) is 85.3 Å². The van der Waals surface area contributed by atoms with Crippen LogP contribution in [-0.4, -0.2) is 58.5 Å². The van der Waals surface area contributed by atoms with E-state index in [-0.39, 0.29) is 19.4 Å². The number of hydrogen-bond acceptors (Lipinski definition) is 11. The Morgan fingerprint density at radius 2 is 1.47 bits per heavy atom. The highest BCUT2D eigenvalue weighted by molar-refractivity contribution is 6.32. The fourth-order valence-corrected chi connectivity index (χ4v) is 6.27. The Labute approximate surface area is 349 Å². The van der Waals surface area contributed by atoms with Gasteiger partial charge >= 0.3 is 11.9 Å². The van der Waals surface area contributed by atoms with Crippen LogP contribution in [-0.2, 0) is 35.9 Å². The number of nitrogens with zero attached hydrogens (tertiary/aromatic N) is 3. The van der Waals surface area contributed by atoms with Crippen molar-refractivity contribution in [2.24, 2.45) is 0 Å². The number of ether oxygens (including phenoxy) is 2. The molecule has 5 aromatic rings. The minimum absolute atomic E-state index is 0.0905. The Balaban J connectivity index is 0.000000403. The van der Waals surface area contributed by atoms with Crippen LogP contribution in [0.25, 0.3) is 11.1 Å². The Morgan fingerprint density at radius 3 is 2.12 bits per heavy atom. The molecule has 13 nitrogen and oxygen atoms in total. The minimum atomic E-state index is -0.828. The second-order valence-corrected chi connectivity index (χ2v) is 13.9. The Hall–Kier alpha value is -6.33. The smallest absolute Gasteiger partial charge is 0.303 e. The second-order valence-electron chi connectivity index (χ2n) is 13.5. The van der Waals surface area contributed by atoms with E-state index >= 15 is 0 Å². The van der Waals surface area contributed by atoms with E-state index in [0.717, 1.165) is 44.6 Å². The van der Waals surface area contributed by atoms with E-state index in [4.69, 9.17) is 31.3 Å². The molecule has 0 unspecified atom stereocenters. The molecule has 14 heteroatoms. The molecule has 0 saturated heterocycles. The molecule has 0 radical (unpaired) electrons. The molecule has 0 aliphatic rings. The average molecular weight is 821 g/mol. The largest absolute Gasteiger partial charge is 0.488 e. The number of anilines is 1. The number of aliphatic carboxylic acids is 2. The summed E-state index contributed by atoms with van der Waals surface area (Å²) in [6.07, 6.45) is 6.86. The van der Waals surface area contributed by atoms with E-state index in [9.17, 15) is 19.6 Å². The van der Waals surface area contributed by atoms with Crippen molar-refractivity contribution in [3.8, 4) is 28.7 Å². The maximum atomic E-state index is 10.8. The lowest BCUT2D eigenvalue weighted by Crippen LogP contribution is -2.16. The molecule has 0 fully saturated rings. The lowest BCUT2D eigenvalue weighted by molar-refractivity contribution is -0.138. The van der Waals surface area contributed by atoms with E-state index in [0.29, 0.717) is 79.7 Å². The van der Waals surface area contributed by atoms with Crippen molar-refractivity contribution < 1.29 is 34.1 Å². The third kappa shape index (κ3) is 14.5. The first-order chi connectivity index (χ1) is 28.5. The summed E-state index contributed by atoms with van der Waals surface area (Å²) >= 11 is 6.69. The summed E-state index contributed by atoms with van der Waals surface area (Å²) in [5.74, 6) is -0.560. The van der Waals surface area contributed by atoms with Crippen molar-refractivity contribution >= 4 is 35.5 Å². The average Bonchev–Trinajstić information content (AvgIpc) is 3.23. The van der Waals surface area contributed by atoms with E-state index in [1.165, 1.54) is 11.8 Å². The Morgan fingerprint density at radius 1 is 0.797 bits per heavy atom. The summed E-state index contributed by atoms with van der Waals surface area (Å²) < 4.78 is 12.4. The normalized spacial score (nSPS) is 10.5. The zero-order valence-corrected chi connectivity index (χ0v) is 34.1. The van der Waals surface area contributed by atoms with E-state index in [2.05, 4.69) is 64.0 Å². The van der Waals surface area contributed by atoms with E-state index < -0.39 is 11.9 Å². The number of hydrogen-bond donors (Lipinski definition) is 5. The molecule has 59 heavy (non-hydrogen) atoms. The first kappa shape index (κ1) is 45.4. The Kier molecular flexibility index (Phi) is 18.3. The van der Waals surface area contributed by atoms with Crippen molar-refractivity contribution in [1.82, 2.24) is 20.6 Å². The maximum absolute atomic E-state index is 10.8. The van der Waals surface area contributed by atoms with Gasteiger partial charge in [-0.1, -0.05) is 48.0 Å². The van der Waals surface area contributed by atoms with Crippen molar-refractivity contribution in [3.63, 3.8) is 0 Å². The number of carboxylic acids is 2. The number of rotatable bonds is 21. The standard InChI is InChI=1S/C34H35ClN4O4.C11H14N2O3/c1-22-26(7-4-8-28(22)29-9-5-10-31(37-3)23(29)2)21-43-33-15-32(42-20-25-13-24(16-36)17-39-18-25)27(14-30(33)35)19-38-12-6-11-34(40)41;14-8-10-4-3-9(7-13-10)6-12-5-1-2-11(15)16/h4-5,7-10,13-15,17-18,37-38H,6,11-12,19-21H2,1-3H3,(H,40,41);3-4,7-8,12H,1-2,5-6H2,(H,15,16). The van der Waals surface area contributed by atoms with Crippen molar-refractivity contribution in [3.05, 3.63) is 135 Å². The highest BCUT2D eigenvalue weighted by atomic mass is 35.5. The van der Waals surface area contributed by atoms with Gasteiger partial charge in [0.25, 0.3) is 0 Å². The second kappa shape index (κ2) is 23.8. The van der Waals surface area contributed by atoms with Crippen LogP contribution < -0.4 is 25.4 Å². The van der Waals surface area contributed by atoms with Crippen LogP contribution in [0.2, 0.25) is 5.02 Å². The number of aldehydes is 1. The quantitative estimate of drug-likeness (QED) is 0.0354. The molecule has 2 heterocycles. The van der Waals surface area contributed by atoms with E-state index in [1.54, 1.807) is 36.7 Å². The van der Waals surface area contributed by atoms with Gasteiger partial charge in [0.15, 0.2) is 6.29 Å². The molecular formula is C45H49ClN6O7. The van der Waals surface area contributed by atoms with Gasteiger partial charge in [0, 0.05) is 74.5 Å². The molecule has 3 aromatic carbocycles. The molecule has 0 aliphatic heterocycles. The Bertz CT molecular complexity index is 2230. The van der Waals surface area contributed by atoms with Gasteiger partial charge < -0.3 is 35.6 Å². The molecule has 308 valence electrons. The summed E-state index contributed by atoms with van der Waals surface area (Å²) in [7, 11) is 1.92. The third-order valence-electron chi connectivity index (χ3n) is 9.26. The van der Waals surface area contributed by atoms with Crippen molar-refractivity contribution in [2.75, 3.05) is 25.5 Å². The van der Waals surface area contributed by atoms with Gasteiger partial charge in [0.05, 0.1) is 10.6 Å². The molecule has 5 rings (SSSR count). The van der Waals surface area contributed by atoms with Gasteiger partial charge in [-0.05, 0) is 97.4 Å². The molecule has 0 spiro atoms. The molecule has 0 aliphatic carbocycles. The number of carboxylic acid groups (broad SMARTS) is 2. The highest BCUT2D eigenvalue weighted by Crippen LogP contribution is 2.36. The lowest BCUT2D eigenvalue weighted by atomic mass is 9.93. The molecule has 0 saturated carbocycles. The van der Waals surface area contributed by atoms with E-state index in [1.807, 2.05) is 31.3 Å². The van der Waals surface area contributed by atoms with Crippen molar-refractivity contribution in [2.45, 2.75) is 65.8 Å². The van der Waals surface area contributed by atoms with Crippen LogP contribution in [0.5, 0.6) is 11.5 Å². The zero-order chi connectivity index (χ0) is 42.6. The van der Waals surface area contributed by atoms with Crippen LogP contribution >= 0.6 is 11.6 Å². The summed E-state index contributed by atoms with van der Waals surface area (Å²) in [6, 6.07) is 23.3. The molecular weight excluding hydrogens is 772 g/mol. The number of carbonyl (C=O) groups is 3. The van der Waals surface area contributed by atoms with Gasteiger partial charge in [0.1, 0.15) is 36.5 Å². The monoisotopic (exact) mass is 820 g/mol. The summed E-state index contributed by atoms with van der Waals surface area (Å²) in [6.45, 7) is 6.96. The predicted octanol–water partition coefficient (Wildman–Crippen LogP) is 7.89. The fraction of sp³-hybridized carbons (Fsp3) is 0.289. The van der Waals surface area contributed by atoms with Gasteiger partial charge in [0.2, 0.25) is 0 Å². The summed E-state index contributed by atoms with van der Waals surface area (Å²) in [4.78, 5) is 39.5. The molecule has 0 amide bonds. The predicted molar refractivity (Wildman–Crippen MR) is 227 cm³/mol. The summed E-state index contributed by atoms with van der Waals surface area (Å²) in [5, 5.41) is 36.6. The first-order valence-corrected chi connectivity index (χ1v) is 19.4. The van der Waals surface area contributed by atoms with Crippen LogP contribution in [0.4, 0.5) is 5.69 Å². The summed E-state index contributed by atoms with van der Waals surface area (Å²) in [5.41, 5.74) is 10.1. The molecule has 0 atom stereocenters. The number of carbonyl (C=O) groups excluding carboxylic acids is 1. The number of aromatic nitrogens is 2. The number of pyridine rings is 2. The number of halogens is 1. The number of benzene rings is 3. The molecule has 2 aromatic heterocycles. The van der Waals surface area contributed by atoms with Crippen LogP contribution in [0.1, 0.15) is 75.1 Å². The number of nitriles is 1. The maximum Gasteiger partial charge on any atom is 0.303 e. The first-order valence-electron chi connectivity index (χ1n) is 19.1. The van der Waals surface area contributed by atoms with Gasteiger partial charge in [-0.15, -0.1) is 0 Å². The zero-order valence-electron chi connectivity index (χ0n) is 33.4. The molecule has 5 N–H and O–H groups in total. The number of nitrogens with one attached hydrogen (secondary N) is 3. The van der Waals surface area contributed by atoms with Gasteiger partial charge in [-0.3, -0.25) is 24.4 Å². The van der Waals surface area contributed by atoms with Crippen LogP contribution in [0, 0.1) is 25.2 Å². The lowest BCUT2D eigenvalue weighted by Gasteiger charge is -2.18. The third-order valence-corrected chi connectivity index (χ3v) is 9.55. The highest BCUT2D eigenvalue weighted by Gasteiger charge is 2.15. The van der Waals surface area contributed by atoms with Crippen LogP contribution in [0.3, 0.4) is 0 Å². The SMILES string of the molecule is CNc1cccc(-c2cccc(COc3cc(OCc4cncc(C#N)c4)c(CNCCCC(=O)O)cc3Cl)c2C)c1C.O=Cc1ccc(CNCCCC(=O)O)cn1. The fourth-order valence-electron chi connectivity index (χ4n) is 6.03. The topological polar surface area (TPSA) is 196 Å².